The molecule has 0 aliphatic rings. The maximum atomic E-state index is 6.09. The van der Waals surface area contributed by atoms with Crippen LogP contribution < -0.4 is 0 Å². The first-order valence-corrected chi connectivity index (χ1v) is 4.78. The first kappa shape index (κ1) is 10.5. The molecule has 13 heavy (non-hydrogen) atoms. The summed E-state index contributed by atoms with van der Waals surface area (Å²) in [6, 6.07) is 3.98. The van der Waals surface area contributed by atoms with Gasteiger partial charge in [0, 0.05) is 31.5 Å². The van der Waals surface area contributed by atoms with E-state index in [-0.39, 0.29) is 5.38 Å². The van der Waals surface area contributed by atoms with Gasteiger partial charge in [-0.1, -0.05) is 0 Å². The van der Waals surface area contributed by atoms with Crippen LogP contribution in [0.2, 0.25) is 0 Å². The van der Waals surface area contributed by atoms with Gasteiger partial charge in [-0.3, -0.25) is 4.98 Å². The van der Waals surface area contributed by atoms with Crippen LogP contribution in [0.5, 0.6) is 0 Å². The standard InChI is InChI=1S/C10H14ClNO/c1-13-7-4-10(11)8-9-2-5-12-6-3-9/h2-3,5-6,10H,4,7-8H2,1H3. The van der Waals surface area contributed by atoms with E-state index < -0.39 is 0 Å². The molecule has 1 aromatic rings. The van der Waals surface area contributed by atoms with Crippen LogP contribution in [0.1, 0.15) is 12.0 Å². The van der Waals surface area contributed by atoms with Crippen LogP contribution in [0.15, 0.2) is 24.5 Å². The van der Waals surface area contributed by atoms with E-state index in [1.165, 1.54) is 5.56 Å². The van der Waals surface area contributed by atoms with Crippen LogP contribution in [0, 0.1) is 0 Å². The molecule has 2 nitrogen and oxygen atoms in total. The van der Waals surface area contributed by atoms with E-state index in [0.29, 0.717) is 0 Å². The Labute approximate surface area is 83.9 Å². The molecule has 0 aliphatic carbocycles. The van der Waals surface area contributed by atoms with Crippen molar-refractivity contribution in [3.63, 3.8) is 0 Å². The summed E-state index contributed by atoms with van der Waals surface area (Å²) in [5.74, 6) is 0. The second-order valence-corrected chi connectivity index (χ2v) is 3.56. The molecule has 0 fully saturated rings. The van der Waals surface area contributed by atoms with Gasteiger partial charge in [0.2, 0.25) is 0 Å². The quantitative estimate of drug-likeness (QED) is 0.679. The average molecular weight is 200 g/mol. The van der Waals surface area contributed by atoms with Crippen molar-refractivity contribution in [2.24, 2.45) is 0 Å². The predicted molar refractivity (Wildman–Crippen MR) is 54.1 cm³/mol. The minimum absolute atomic E-state index is 0.155. The number of ether oxygens (including phenoxy) is 1. The molecule has 0 saturated carbocycles. The molecule has 0 spiro atoms. The Morgan fingerprint density at radius 3 is 2.77 bits per heavy atom. The van der Waals surface area contributed by atoms with Crippen molar-refractivity contribution in [2.75, 3.05) is 13.7 Å². The summed E-state index contributed by atoms with van der Waals surface area (Å²) >= 11 is 6.09. The van der Waals surface area contributed by atoms with Crippen molar-refractivity contribution in [3.05, 3.63) is 30.1 Å². The highest BCUT2D eigenvalue weighted by Gasteiger charge is 2.04. The van der Waals surface area contributed by atoms with Crippen LogP contribution in [-0.4, -0.2) is 24.1 Å². The molecule has 0 saturated heterocycles. The van der Waals surface area contributed by atoms with Crippen LogP contribution in [0.4, 0.5) is 0 Å². The average Bonchev–Trinajstić information content (AvgIpc) is 2.16. The van der Waals surface area contributed by atoms with E-state index in [1.807, 2.05) is 12.1 Å². The lowest BCUT2D eigenvalue weighted by atomic mass is 10.1. The first-order valence-electron chi connectivity index (χ1n) is 4.35. The third kappa shape index (κ3) is 4.25. The van der Waals surface area contributed by atoms with Crippen LogP contribution in [0.25, 0.3) is 0 Å². The van der Waals surface area contributed by atoms with E-state index in [0.717, 1.165) is 19.4 Å². The van der Waals surface area contributed by atoms with Gasteiger partial charge in [0.1, 0.15) is 0 Å². The smallest absolute Gasteiger partial charge is 0.0476 e. The van der Waals surface area contributed by atoms with Gasteiger partial charge in [0.05, 0.1) is 0 Å². The predicted octanol–water partition coefficient (Wildman–Crippen LogP) is 2.27. The highest BCUT2D eigenvalue weighted by molar-refractivity contribution is 6.20. The summed E-state index contributed by atoms with van der Waals surface area (Å²) in [6.07, 6.45) is 5.35. The summed E-state index contributed by atoms with van der Waals surface area (Å²) < 4.78 is 4.95. The number of hydrogen-bond donors (Lipinski definition) is 0. The number of aromatic nitrogens is 1. The van der Waals surface area contributed by atoms with E-state index in [2.05, 4.69) is 4.98 Å². The summed E-state index contributed by atoms with van der Waals surface area (Å²) in [5, 5.41) is 0.155. The Bertz CT molecular complexity index is 228. The Kier molecular flexibility index (Phi) is 4.79. The zero-order chi connectivity index (χ0) is 9.52. The van der Waals surface area contributed by atoms with Gasteiger partial charge in [-0.2, -0.15) is 0 Å². The topological polar surface area (TPSA) is 22.1 Å². The number of pyridine rings is 1. The fraction of sp³-hybridized carbons (Fsp3) is 0.500. The monoisotopic (exact) mass is 199 g/mol. The molecule has 1 aromatic heterocycles. The maximum absolute atomic E-state index is 6.09. The van der Waals surface area contributed by atoms with Crippen molar-refractivity contribution in [2.45, 2.75) is 18.2 Å². The van der Waals surface area contributed by atoms with Crippen molar-refractivity contribution in [1.82, 2.24) is 4.98 Å². The molecule has 1 unspecified atom stereocenters. The van der Waals surface area contributed by atoms with E-state index in [9.17, 15) is 0 Å². The van der Waals surface area contributed by atoms with Gasteiger partial charge < -0.3 is 4.74 Å². The number of methoxy groups -OCH3 is 1. The molecule has 0 amide bonds. The first-order chi connectivity index (χ1) is 6.33. The molecule has 0 bridgehead atoms. The minimum Gasteiger partial charge on any atom is -0.385 e. The number of alkyl halides is 1. The van der Waals surface area contributed by atoms with E-state index in [1.54, 1.807) is 19.5 Å². The molecule has 1 atom stereocenters. The van der Waals surface area contributed by atoms with Crippen molar-refractivity contribution >= 4 is 11.6 Å². The molecular formula is C10H14ClNO. The Morgan fingerprint density at radius 2 is 2.15 bits per heavy atom. The largest absolute Gasteiger partial charge is 0.385 e. The SMILES string of the molecule is COCCC(Cl)Cc1ccncc1. The van der Waals surface area contributed by atoms with Gasteiger partial charge >= 0.3 is 0 Å². The molecule has 0 N–H and O–H groups in total. The second kappa shape index (κ2) is 5.95. The Hall–Kier alpha value is -0.600. The number of halogens is 1. The van der Waals surface area contributed by atoms with Crippen molar-refractivity contribution in [1.29, 1.82) is 0 Å². The third-order valence-corrected chi connectivity index (χ3v) is 2.21. The third-order valence-electron chi connectivity index (χ3n) is 1.84. The number of rotatable bonds is 5. The molecule has 1 rings (SSSR count). The van der Waals surface area contributed by atoms with Gasteiger partial charge in [-0.15, -0.1) is 11.6 Å². The van der Waals surface area contributed by atoms with Gasteiger partial charge in [-0.25, -0.2) is 0 Å². The molecule has 0 aliphatic heterocycles. The summed E-state index contributed by atoms with van der Waals surface area (Å²) in [7, 11) is 1.69. The van der Waals surface area contributed by atoms with E-state index in [4.69, 9.17) is 16.3 Å². The maximum Gasteiger partial charge on any atom is 0.0476 e. The lowest BCUT2D eigenvalue weighted by molar-refractivity contribution is 0.194. The minimum atomic E-state index is 0.155. The van der Waals surface area contributed by atoms with Gasteiger partial charge in [-0.05, 0) is 30.5 Å². The molecular weight excluding hydrogens is 186 g/mol. The van der Waals surface area contributed by atoms with Crippen LogP contribution >= 0.6 is 11.6 Å². The molecule has 3 heteroatoms. The zero-order valence-electron chi connectivity index (χ0n) is 7.74. The lowest BCUT2D eigenvalue weighted by Gasteiger charge is -2.07. The summed E-state index contributed by atoms with van der Waals surface area (Å²) in [5.41, 5.74) is 1.23. The molecule has 0 radical (unpaired) electrons. The fourth-order valence-corrected chi connectivity index (χ4v) is 1.39. The zero-order valence-corrected chi connectivity index (χ0v) is 8.50. The van der Waals surface area contributed by atoms with Crippen LogP contribution in [0.3, 0.4) is 0 Å². The Balaban J connectivity index is 2.32. The highest BCUT2D eigenvalue weighted by atomic mass is 35.5. The number of hydrogen-bond acceptors (Lipinski definition) is 2. The van der Waals surface area contributed by atoms with Crippen LogP contribution in [-0.2, 0) is 11.2 Å². The van der Waals surface area contributed by atoms with Gasteiger partial charge in [0.15, 0.2) is 0 Å². The lowest BCUT2D eigenvalue weighted by Crippen LogP contribution is -2.06. The fourth-order valence-electron chi connectivity index (χ4n) is 1.12. The summed E-state index contributed by atoms with van der Waals surface area (Å²) in [6.45, 7) is 0.721. The second-order valence-electron chi connectivity index (χ2n) is 2.94. The molecule has 1 heterocycles. The number of nitrogens with zero attached hydrogens (tertiary/aromatic N) is 1. The Morgan fingerprint density at radius 1 is 1.46 bits per heavy atom. The van der Waals surface area contributed by atoms with Crippen molar-refractivity contribution < 1.29 is 4.74 Å². The van der Waals surface area contributed by atoms with Gasteiger partial charge in [0.25, 0.3) is 0 Å². The van der Waals surface area contributed by atoms with E-state index >= 15 is 0 Å². The highest BCUT2D eigenvalue weighted by Crippen LogP contribution is 2.10. The van der Waals surface area contributed by atoms with Crippen molar-refractivity contribution in [3.8, 4) is 0 Å². The molecule has 0 aromatic carbocycles. The summed E-state index contributed by atoms with van der Waals surface area (Å²) in [4.78, 5) is 3.95. The molecule has 72 valence electrons. The normalized spacial score (nSPS) is 12.8.